The molecule has 0 aromatic heterocycles. The van der Waals surface area contributed by atoms with Gasteiger partial charge >= 0.3 is 0 Å². The van der Waals surface area contributed by atoms with Crippen molar-refractivity contribution in [2.75, 3.05) is 0 Å². The summed E-state index contributed by atoms with van der Waals surface area (Å²) in [7, 11) is 0. The van der Waals surface area contributed by atoms with E-state index in [0.717, 1.165) is 22.4 Å². The first-order valence-corrected chi connectivity index (χ1v) is 8.20. The Labute approximate surface area is 148 Å². The summed E-state index contributed by atoms with van der Waals surface area (Å²) in [5.41, 5.74) is 8.34. The van der Waals surface area contributed by atoms with Crippen molar-refractivity contribution in [3.63, 3.8) is 0 Å². The van der Waals surface area contributed by atoms with Gasteiger partial charge in [0.25, 0.3) is 5.91 Å². The van der Waals surface area contributed by atoms with Crippen LogP contribution < -0.4 is 5.43 Å². The molecule has 3 nitrogen and oxygen atoms in total. The minimum atomic E-state index is -0.205. The molecule has 0 atom stereocenters. The summed E-state index contributed by atoms with van der Waals surface area (Å²) in [6.07, 6.45) is 0. The maximum atomic E-state index is 12.2. The third-order valence-corrected chi connectivity index (χ3v) is 4.02. The van der Waals surface area contributed by atoms with E-state index in [1.807, 2.05) is 62.4 Å². The quantitative estimate of drug-likeness (QED) is 0.541. The molecule has 1 N–H and O–H groups in total. The lowest BCUT2D eigenvalue weighted by Crippen LogP contribution is -2.19. The molecule has 0 spiro atoms. The number of nitrogens with zero attached hydrogens (tertiary/aromatic N) is 1. The molecule has 25 heavy (non-hydrogen) atoms. The minimum Gasteiger partial charge on any atom is -0.267 e. The zero-order valence-corrected chi connectivity index (χ0v) is 14.4. The Morgan fingerprint density at radius 2 is 1.48 bits per heavy atom. The van der Waals surface area contributed by atoms with Gasteiger partial charge in [0.1, 0.15) is 0 Å². The number of hydrogen-bond acceptors (Lipinski definition) is 2. The molecule has 0 aliphatic rings. The topological polar surface area (TPSA) is 41.5 Å². The molecule has 0 aliphatic carbocycles. The van der Waals surface area contributed by atoms with Gasteiger partial charge in [-0.1, -0.05) is 72.3 Å². The second kappa shape index (κ2) is 7.58. The molecule has 0 saturated carbocycles. The minimum absolute atomic E-state index is 0.205. The molecule has 0 heterocycles. The SMILES string of the molecule is C/C(=N/NC(=O)c1cccc(C)c1)c1ccc(-c2ccccc2)cc1. The van der Waals surface area contributed by atoms with Crippen LogP contribution in [0.3, 0.4) is 0 Å². The second-order valence-electron chi connectivity index (χ2n) is 5.95. The molecule has 3 rings (SSSR count). The highest BCUT2D eigenvalue weighted by molar-refractivity contribution is 6.01. The Morgan fingerprint density at radius 1 is 0.800 bits per heavy atom. The molecular formula is C22H20N2O. The number of aryl methyl sites for hydroxylation is 1. The van der Waals surface area contributed by atoms with Crippen molar-refractivity contribution >= 4 is 11.6 Å². The average molecular weight is 328 g/mol. The molecule has 3 aromatic carbocycles. The fourth-order valence-electron chi connectivity index (χ4n) is 2.58. The highest BCUT2D eigenvalue weighted by Crippen LogP contribution is 2.19. The van der Waals surface area contributed by atoms with Crippen LogP contribution in [-0.4, -0.2) is 11.6 Å². The van der Waals surface area contributed by atoms with E-state index in [1.165, 1.54) is 5.56 Å². The monoisotopic (exact) mass is 328 g/mol. The molecule has 0 fully saturated rings. The van der Waals surface area contributed by atoms with Crippen LogP contribution in [0.1, 0.15) is 28.4 Å². The third kappa shape index (κ3) is 4.21. The zero-order chi connectivity index (χ0) is 17.6. The molecular weight excluding hydrogens is 308 g/mol. The van der Waals surface area contributed by atoms with E-state index in [-0.39, 0.29) is 5.91 Å². The van der Waals surface area contributed by atoms with E-state index < -0.39 is 0 Å². The first-order chi connectivity index (χ1) is 12.1. The number of amides is 1. The van der Waals surface area contributed by atoms with Crippen LogP contribution in [0.15, 0.2) is 84.0 Å². The molecule has 0 saturated heterocycles. The van der Waals surface area contributed by atoms with Crippen LogP contribution in [-0.2, 0) is 0 Å². The summed E-state index contributed by atoms with van der Waals surface area (Å²) < 4.78 is 0. The van der Waals surface area contributed by atoms with E-state index >= 15 is 0 Å². The summed E-state index contributed by atoms with van der Waals surface area (Å²) >= 11 is 0. The van der Waals surface area contributed by atoms with Gasteiger partial charge in [0.05, 0.1) is 5.71 Å². The van der Waals surface area contributed by atoms with E-state index in [0.29, 0.717) is 5.56 Å². The number of rotatable bonds is 4. The lowest BCUT2D eigenvalue weighted by molar-refractivity contribution is 0.0954. The highest BCUT2D eigenvalue weighted by Gasteiger charge is 2.05. The third-order valence-electron chi connectivity index (χ3n) is 4.02. The van der Waals surface area contributed by atoms with E-state index in [2.05, 4.69) is 34.8 Å². The fraction of sp³-hybridized carbons (Fsp3) is 0.0909. The number of carbonyl (C=O) groups is 1. The van der Waals surface area contributed by atoms with Crippen LogP contribution in [0.4, 0.5) is 0 Å². The Balaban J connectivity index is 1.71. The zero-order valence-electron chi connectivity index (χ0n) is 14.4. The smallest absolute Gasteiger partial charge is 0.267 e. The predicted octanol–water partition coefficient (Wildman–Crippen LogP) is 4.82. The van der Waals surface area contributed by atoms with Crippen molar-refractivity contribution in [2.24, 2.45) is 5.10 Å². The molecule has 0 unspecified atom stereocenters. The Kier molecular flexibility index (Phi) is 5.05. The maximum absolute atomic E-state index is 12.2. The normalized spacial score (nSPS) is 11.2. The number of benzene rings is 3. The Bertz CT molecular complexity index is 897. The highest BCUT2D eigenvalue weighted by atomic mass is 16.2. The molecule has 1 amide bonds. The summed E-state index contributed by atoms with van der Waals surface area (Å²) in [4.78, 5) is 12.2. The predicted molar refractivity (Wildman–Crippen MR) is 103 cm³/mol. The van der Waals surface area contributed by atoms with Crippen molar-refractivity contribution in [3.8, 4) is 11.1 Å². The number of nitrogens with one attached hydrogen (secondary N) is 1. The molecule has 3 heteroatoms. The van der Waals surface area contributed by atoms with Gasteiger partial charge < -0.3 is 0 Å². The van der Waals surface area contributed by atoms with Gasteiger partial charge in [-0.15, -0.1) is 0 Å². The van der Waals surface area contributed by atoms with Crippen LogP contribution in [0.25, 0.3) is 11.1 Å². The standard InChI is InChI=1S/C22H20N2O/c1-16-7-6-10-21(15-16)22(25)24-23-17(2)18-11-13-20(14-12-18)19-8-4-3-5-9-19/h3-15H,1-2H3,(H,24,25)/b23-17-. The van der Waals surface area contributed by atoms with Gasteiger partial charge in [0.2, 0.25) is 0 Å². The van der Waals surface area contributed by atoms with Crippen LogP contribution in [0, 0.1) is 6.92 Å². The van der Waals surface area contributed by atoms with Crippen LogP contribution in [0.2, 0.25) is 0 Å². The Hall–Kier alpha value is -3.20. The van der Waals surface area contributed by atoms with Crippen molar-refractivity contribution in [3.05, 3.63) is 95.6 Å². The lowest BCUT2D eigenvalue weighted by atomic mass is 10.0. The second-order valence-corrected chi connectivity index (χ2v) is 5.95. The lowest BCUT2D eigenvalue weighted by Gasteiger charge is -2.06. The van der Waals surface area contributed by atoms with E-state index in [9.17, 15) is 4.79 Å². The van der Waals surface area contributed by atoms with Crippen LogP contribution in [0.5, 0.6) is 0 Å². The average Bonchev–Trinajstić information content (AvgIpc) is 2.66. The molecule has 124 valence electrons. The molecule has 0 radical (unpaired) electrons. The summed E-state index contributed by atoms with van der Waals surface area (Å²) in [6.45, 7) is 3.84. The largest absolute Gasteiger partial charge is 0.271 e. The van der Waals surface area contributed by atoms with Crippen molar-refractivity contribution < 1.29 is 4.79 Å². The van der Waals surface area contributed by atoms with Gasteiger partial charge in [0.15, 0.2) is 0 Å². The van der Waals surface area contributed by atoms with Crippen molar-refractivity contribution in [1.29, 1.82) is 0 Å². The molecule has 0 bridgehead atoms. The number of hydrazone groups is 1. The van der Waals surface area contributed by atoms with Gasteiger partial charge in [-0.25, -0.2) is 5.43 Å². The van der Waals surface area contributed by atoms with Gasteiger partial charge in [0, 0.05) is 5.56 Å². The first-order valence-electron chi connectivity index (χ1n) is 8.20. The van der Waals surface area contributed by atoms with E-state index in [1.54, 1.807) is 6.07 Å². The molecule has 3 aromatic rings. The summed E-state index contributed by atoms with van der Waals surface area (Å²) in [5, 5.41) is 4.22. The molecule has 0 aliphatic heterocycles. The fourth-order valence-corrected chi connectivity index (χ4v) is 2.58. The van der Waals surface area contributed by atoms with Crippen molar-refractivity contribution in [2.45, 2.75) is 13.8 Å². The summed E-state index contributed by atoms with van der Waals surface area (Å²) in [6, 6.07) is 25.8. The van der Waals surface area contributed by atoms with Crippen molar-refractivity contribution in [1.82, 2.24) is 5.43 Å². The van der Waals surface area contributed by atoms with E-state index in [4.69, 9.17) is 0 Å². The van der Waals surface area contributed by atoms with Gasteiger partial charge in [-0.05, 0) is 42.7 Å². The maximum Gasteiger partial charge on any atom is 0.271 e. The van der Waals surface area contributed by atoms with Gasteiger partial charge in [-0.3, -0.25) is 4.79 Å². The first kappa shape index (κ1) is 16.7. The number of carbonyl (C=O) groups excluding carboxylic acids is 1. The van der Waals surface area contributed by atoms with Gasteiger partial charge in [-0.2, -0.15) is 5.10 Å². The summed E-state index contributed by atoms with van der Waals surface area (Å²) in [5.74, 6) is -0.205. The number of hydrogen-bond donors (Lipinski definition) is 1. The van der Waals surface area contributed by atoms with Crippen LogP contribution >= 0.6 is 0 Å². The Morgan fingerprint density at radius 3 is 2.16 bits per heavy atom.